The average molecular weight is 393 g/mol. The molecule has 28 heavy (non-hydrogen) atoms. The van der Waals surface area contributed by atoms with Crippen molar-refractivity contribution in [3.63, 3.8) is 0 Å². The van der Waals surface area contributed by atoms with E-state index in [-0.39, 0.29) is 17.7 Å². The third-order valence-electron chi connectivity index (χ3n) is 7.62. The minimum atomic E-state index is -0.176. The number of hydrogen-bond acceptors (Lipinski definition) is 4. The van der Waals surface area contributed by atoms with Gasteiger partial charge in [-0.25, -0.2) is 9.59 Å². The average Bonchev–Trinajstić information content (AvgIpc) is 3.04. The summed E-state index contributed by atoms with van der Waals surface area (Å²) in [6, 6.07) is 1.35. The van der Waals surface area contributed by atoms with E-state index in [4.69, 9.17) is 4.74 Å². The summed E-state index contributed by atoms with van der Waals surface area (Å²) < 4.78 is 5.15. The highest BCUT2D eigenvalue weighted by Crippen LogP contribution is 2.35. The summed E-state index contributed by atoms with van der Waals surface area (Å²) >= 11 is 0. The third kappa shape index (κ3) is 3.70. The molecule has 0 spiro atoms. The normalized spacial score (nSPS) is 31.4. The molecule has 3 heterocycles. The zero-order valence-corrected chi connectivity index (χ0v) is 17.5. The Morgan fingerprint density at radius 3 is 2.46 bits per heavy atom. The fourth-order valence-electron chi connectivity index (χ4n) is 5.82. The Hall–Kier alpha value is -1.50. The van der Waals surface area contributed by atoms with E-state index in [9.17, 15) is 9.59 Å². The fraction of sp³-hybridized carbons (Fsp3) is 0.905. The van der Waals surface area contributed by atoms with E-state index in [1.165, 1.54) is 12.8 Å². The van der Waals surface area contributed by atoms with Crippen molar-refractivity contribution in [2.75, 3.05) is 32.8 Å². The molecule has 0 aromatic heterocycles. The number of carbonyl (C=O) groups is 2. The summed E-state index contributed by atoms with van der Waals surface area (Å²) in [5, 5.41) is 3.24. The lowest BCUT2D eigenvalue weighted by Crippen LogP contribution is -2.58. The molecule has 7 heteroatoms. The smallest absolute Gasteiger partial charge is 0.409 e. The molecule has 0 aromatic rings. The number of urea groups is 1. The first-order valence-corrected chi connectivity index (χ1v) is 11.3. The largest absolute Gasteiger partial charge is 0.450 e. The maximum absolute atomic E-state index is 12.6. The van der Waals surface area contributed by atoms with Crippen molar-refractivity contribution in [2.24, 2.45) is 0 Å². The standard InChI is InChI=1S/C21H36N4O3/c1-3-28-20(27)23-14-10-21(2,11-15-23)24-12-8-16(9-13-24)25-18-7-5-4-6-17(18)22-19(25)26/h16-18H,3-15H2,1-2H3,(H,22,26)/t17-,18-/m1/s1. The van der Waals surface area contributed by atoms with Gasteiger partial charge in [0.2, 0.25) is 0 Å². The number of amides is 3. The van der Waals surface area contributed by atoms with Gasteiger partial charge in [0.25, 0.3) is 0 Å². The molecule has 0 unspecified atom stereocenters. The Bertz CT molecular complexity index is 582. The van der Waals surface area contributed by atoms with Crippen LogP contribution in [0.2, 0.25) is 0 Å². The molecule has 3 aliphatic heterocycles. The van der Waals surface area contributed by atoms with Crippen molar-refractivity contribution in [1.29, 1.82) is 0 Å². The van der Waals surface area contributed by atoms with Crippen molar-refractivity contribution >= 4 is 12.1 Å². The Balaban J connectivity index is 1.31. The minimum absolute atomic E-state index is 0.147. The van der Waals surface area contributed by atoms with Crippen LogP contribution in [0.1, 0.15) is 65.2 Å². The second kappa shape index (κ2) is 8.09. The molecule has 1 N–H and O–H groups in total. The molecule has 0 radical (unpaired) electrons. The van der Waals surface area contributed by atoms with Crippen LogP contribution in [0.5, 0.6) is 0 Å². The number of ether oxygens (including phenoxy) is 1. The highest BCUT2D eigenvalue weighted by molar-refractivity contribution is 5.78. The Labute approximate surface area is 168 Å². The van der Waals surface area contributed by atoms with E-state index in [1.54, 1.807) is 0 Å². The molecular weight excluding hydrogens is 356 g/mol. The van der Waals surface area contributed by atoms with Gasteiger partial charge in [-0.15, -0.1) is 0 Å². The SMILES string of the molecule is CCOC(=O)N1CCC(C)(N2CCC(N3C(=O)N[C@@H]4CCCC[C@H]43)CC2)CC1. The van der Waals surface area contributed by atoms with Gasteiger partial charge in [0.15, 0.2) is 0 Å². The van der Waals surface area contributed by atoms with Crippen LogP contribution in [0.25, 0.3) is 0 Å². The molecule has 1 aliphatic carbocycles. The highest BCUT2D eigenvalue weighted by atomic mass is 16.6. The van der Waals surface area contributed by atoms with Crippen LogP contribution >= 0.6 is 0 Å². The van der Waals surface area contributed by atoms with Crippen LogP contribution in [0.4, 0.5) is 9.59 Å². The zero-order valence-electron chi connectivity index (χ0n) is 17.5. The molecular formula is C21H36N4O3. The van der Waals surface area contributed by atoms with Crippen LogP contribution in [0.3, 0.4) is 0 Å². The molecule has 4 rings (SSSR count). The highest BCUT2D eigenvalue weighted by Gasteiger charge is 2.46. The zero-order chi connectivity index (χ0) is 19.7. The molecule has 0 bridgehead atoms. The molecule has 2 atom stereocenters. The lowest BCUT2D eigenvalue weighted by atomic mass is 9.85. The first-order valence-electron chi connectivity index (χ1n) is 11.3. The van der Waals surface area contributed by atoms with Crippen LogP contribution in [-0.4, -0.2) is 83.3 Å². The van der Waals surface area contributed by atoms with Gasteiger partial charge in [-0.05, 0) is 52.4 Å². The summed E-state index contributed by atoms with van der Waals surface area (Å²) in [6.07, 6.45) is 8.73. The minimum Gasteiger partial charge on any atom is -0.450 e. The van der Waals surface area contributed by atoms with E-state index in [0.717, 1.165) is 64.7 Å². The van der Waals surface area contributed by atoms with Gasteiger partial charge in [-0.3, -0.25) is 4.90 Å². The van der Waals surface area contributed by atoms with E-state index >= 15 is 0 Å². The lowest BCUT2D eigenvalue weighted by molar-refractivity contribution is 0.00124. The Morgan fingerprint density at radius 1 is 1.11 bits per heavy atom. The summed E-state index contributed by atoms with van der Waals surface area (Å²) in [5.74, 6) is 0. The van der Waals surface area contributed by atoms with Crippen molar-refractivity contribution in [3.8, 4) is 0 Å². The first-order chi connectivity index (χ1) is 13.5. The Kier molecular flexibility index (Phi) is 5.72. The number of hydrogen-bond donors (Lipinski definition) is 1. The van der Waals surface area contributed by atoms with Gasteiger partial charge in [0.05, 0.1) is 18.7 Å². The maximum Gasteiger partial charge on any atom is 0.409 e. The quantitative estimate of drug-likeness (QED) is 0.802. The molecule has 1 saturated carbocycles. The van der Waals surface area contributed by atoms with E-state index < -0.39 is 0 Å². The summed E-state index contributed by atoms with van der Waals surface area (Å²) in [5.41, 5.74) is 0.147. The maximum atomic E-state index is 12.6. The summed E-state index contributed by atoms with van der Waals surface area (Å²) in [7, 11) is 0. The number of nitrogens with one attached hydrogen (secondary N) is 1. The van der Waals surface area contributed by atoms with Crippen molar-refractivity contribution in [1.82, 2.24) is 20.0 Å². The molecule has 3 saturated heterocycles. The number of carbonyl (C=O) groups excluding carboxylic acids is 2. The second-order valence-electron chi connectivity index (χ2n) is 9.22. The van der Waals surface area contributed by atoms with Crippen LogP contribution in [-0.2, 0) is 4.74 Å². The molecule has 7 nitrogen and oxygen atoms in total. The molecule has 4 fully saturated rings. The van der Waals surface area contributed by atoms with Crippen molar-refractivity contribution < 1.29 is 14.3 Å². The van der Waals surface area contributed by atoms with Crippen LogP contribution < -0.4 is 5.32 Å². The van der Waals surface area contributed by atoms with Crippen LogP contribution in [0.15, 0.2) is 0 Å². The predicted molar refractivity (Wildman–Crippen MR) is 107 cm³/mol. The molecule has 158 valence electrons. The van der Waals surface area contributed by atoms with Crippen molar-refractivity contribution in [2.45, 2.75) is 88.9 Å². The summed E-state index contributed by atoms with van der Waals surface area (Å²) in [4.78, 5) is 31.2. The fourth-order valence-corrected chi connectivity index (χ4v) is 5.82. The van der Waals surface area contributed by atoms with Crippen LogP contribution in [0, 0.1) is 0 Å². The third-order valence-corrected chi connectivity index (χ3v) is 7.62. The van der Waals surface area contributed by atoms with E-state index in [1.807, 2.05) is 11.8 Å². The van der Waals surface area contributed by atoms with Gasteiger partial charge >= 0.3 is 12.1 Å². The number of piperidine rings is 2. The molecule has 3 amide bonds. The van der Waals surface area contributed by atoms with Gasteiger partial charge in [0.1, 0.15) is 0 Å². The topological polar surface area (TPSA) is 65.1 Å². The van der Waals surface area contributed by atoms with Gasteiger partial charge in [-0.2, -0.15) is 0 Å². The van der Waals surface area contributed by atoms with Gasteiger partial charge in [0, 0.05) is 37.8 Å². The Morgan fingerprint density at radius 2 is 1.79 bits per heavy atom. The molecule has 0 aromatic carbocycles. The first kappa shape index (κ1) is 19.8. The van der Waals surface area contributed by atoms with Crippen molar-refractivity contribution in [3.05, 3.63) is 0 Å². The predicted octanol–water partition coefficient (Wildman–Crippen LogP) is 2.80. The number of rotatable bonds is 3. The van der Waals surface area contributed by atoms with E-state index in [0.29, 0.717) is 24.7 Å². The summed E-state index contributed by atoms with van der Waals surface area (Å²) in [6.45, 7) is 8.26. The second-order valence-corrected chi connectivity index (χ2v) is 9.22. The lowest BCUT2D eigenvalue weighted by Gasteiger charge is -2.50. The monoisotopic (exact) mass is 392 g/mol. The number of fused-ring (bicyclic) bond motifs is 1. The van der Waals surface area contributed by atoms with Gasteiger partial charge < -0.3 is 19.9 Å². The molecule has 4 aliphatic rings. The van der Waals surface area contributed by atoms with E-state index in [2.05, 4.69) is 22.0 Å². The number of nitrogens with zero attached hydrogens (tertiary/aromatic N) is 3. The number of likely N-dealkylation sites (tertiary alicyclic amines) is 2. The van der Waals surface area contributed by atoms with Gasteiger partial charge in [-0.1, -0.05) is 12.8 Å².